The highest BCUT2D eigenvalue weighted by molar-refractivity contribution is 5.90. The minimum Gasteiger partial charge on any atom is -0.455 e. The van der Waals surface area contributed by atoms with Crippen LogP contribution in [0.4, 0.5) is 14.9 Å². The molecule has 0 heterocycles. The van der Waals surface area contributed by atoms with Gasteiger partial charge in [-0.15, -0.1) is 0 Å². The largest absolute Gasteiger partial charge is 0.455 e. The quantitative estimate of drug-likeness (QED) is 0.693. The Balaban J connectivity index is 1.64. The van der Waals surface area contributed by atoms with Crippen LogP contribution < -0.4 is 15.4 Å². The zero-order valence-electron chi connectivity index (χ0n) is 13.4. The Bertz CT molecular complexity index is 853. The van der Waals surface area contributed by atoms with E-state index in [9.17, 15) is 9.18 Å². The number of carbonyl (C=O) groups is 1. The highest BCUT2D eigenvalue weighted by Gasteiger charge is 2.09. The Morgan fingerprint density at radius 1 is 0.880 bits per heavy atom. The zero-order valence-corrected chi connectivity index (χ0v) is 13.4. The highest BCUT2D eigenvalue weighted by atomic mass is 19.1. The lowest BCUT2D eigenvalue weighted by molar-refractivity contribution is 0.251. The summed E-state index contributed by atoms with van der Waals surface area (Å²) in [5.74, 6) is 0.842. The van der Waals surface area contributed by atoms with Crippen molar-refractivity contribution in [1.29, 1.82) is 0 Å². The maximum atomic E-state index is 13.6. The molecular weight excluding hydrogens is 319 g/mol. The van der Waals surface area contributed by atoms with Gasteiger partial charge in [0, 0.05) is 12.1 Å². The van der Waals surface area contributed by atoms with Crippen LogP contribution in [0.5, 0.6) is 11.5 Å². The number of carbonyl (C=O) groups excluding carboxylic acids is 1. The molecule has 2 N–H and O–H groups in total. The maximum absolute atomic E-state index is 13.6. The van der Waals surface area contributed by atoms with Crippen molar-refractivity contribution in [2.24, 2.45) is 0 Å². The van der Waals surface area contributed by atoms with E-state index < -0.39 is 6.03 Å². The average Bonchev–Trinajstić information content (AvgIpc) is 2.64. The lowest BCUT2D eigenvalue weighted by atomic mass is 10.2. The van der Waals surface area contributed by atoms with Crippen molar-refractivity contribution in [1.82, 2.24) is 5.32 Å². The van der Waals surface area contributed by atoms with Gasteiger partial charge in [0.2, 0.25) is 0 Å². The summed E-state index contributed by atoms with van der Waals surface area (Å²) in [6, 6.07) is 22.3. The molecule has 0 aromatic heterocycles. The molecule has 0 aliphatic heterocycles. The molecule has 0 spiro atoms. The molecule has 3 aromatic rings. The number of hydrogen-bond donors (Lipinski definition) is 2. The number of anilines is 1. The molecule has 25 heavy (non-hydrogen) atoms. The lowest BCUT2D eigenvalue weighted by Gasteiger charge is -2.13. The first kappa shape index (κ1) is 16.5. The number of urea groups is 1. The van der Waals surface area contributed by atoms with Gasteiger partial charge in [0.15, 0.2) is 5.75 Å². The standard InChI is InChI=1S/C20H17FN2O2/c21-17-11-5-4-8-15(17)14-22-20(24)23-18-12-6-7-13-19(18)25-16-9-2-1-3-10-16/h1-13H,14H2,(H2,22,23,24). The second-order valence-corrected chi connectivity index (χ2v) is 5.31. The summed E-state index contributed by atoms with van der Waals surface area (Å²) in [4.78, 5) is 12.1. The average molecular weight is 336 g/mol. The summed E-state index contributed by atoms with van der Waals surface area (Å²) in [7, 11) is 0. The van der Waals surface area contributed by atoms with Gasteiger partial charge in [-0.3, -0.25) is 0 Å². The van der Waals surface area contributed by atoms with E-state index >= 15 is 0 Å². The number of ether oxygens (including phenoxy) is 1. The fourth-order valence-corrected chi connectivity index (χ4v) is 2.26. The minimum absolute atomic E-state index is 0.0974. The van der Waals surface area contributed by atoms with Gasteiger partial charge in [-0.25, -0.2) is 9.18 Å². The Morgan fingerprint density at radius 3 is 2.36 bits per heavy atom. The molecule has 126 valence electrons. The predicted molar refractivity (Wildman–Crippen MR) is 95.2 cm³/mol. The van der Waals surface area contributed by atoms with Gasteiger partial charge in [0.1, 0.15) is 11.6 Å². The first-order chi connectivity index (χ1) is 12.2. The topological polar surface area (TPSA) is 50.4 Å². The van der Waals surface area contributed by atoms with Crippen molar-refractivity contribution in [2.45, 2.75) is 6.54 Å². The molecule has 5 heteroatoms. The third-order valence-corrected chi connectivity index (χ3v) is 3.50. The van der Waals surface area contributed by atoms with Crippen molar-refractivity contribution in [3.63, 3.8) is 0 Å². The molecule has 0 aliphatic carbocycles. The minimum atomic E-state index is -0.438. The predicted octanol–water partition coefficient (Wildman–Crippen LogP) is 4.94. The summed E-state index contributed by atoms with van der Waals surface area (Å²) >= 11 is 0. The van der Waals surface area contributed by atoms with Gasteiger partial charge < -0.3 is 15.4 Å². The van der Waals surface area contributed by atoms with E-state index in [-0.39, 0.29) is 12.4 Å². The van der Waals surface area contributed by atoms with Gasteiger partial charge >= 0.3 is 6.03 Å². The van der Waals surface area contributed by atoms with E-state index in [0.717, 1.165) is 0 Å². The lowest BCUT2D eigenvalue weighted by Crippen LogP contribution is -2.28. The Hall–Kier alpha value is -3.34. The van der Waals surface area contributed by atoms with E-state index in [1.165, 1.54) is 6.07 Å². The number of halogens is 1. The summed E-state index contributed by atoms with van der Waals surface area (Å²) in [5, 5.41) is 5.36. The van der Waals surface area contributed by atoms with Crippen molar-refractivity contribution in [2.75, 3.05) is 5.32 Å². The Morgan fingerprint density at radius 2 is 1.56 bits per heavy atom. The van der Waals surface area contributed by atoms with Gasteiger partial charge in [0.05, 0.1) is 5.69 Å². The SMILES string of the molecule is O=C(NCc1ccccc1F)Nc1ccccc1Oc1ccccc1. The van der Waals surface area contributed by atoms with Crippen molar-refractivity contribution < 1.29 is 13.9 Å². The molecule has 3 rings (SSSR count). The summed E-state index contributed by atoms with van der Waals surface area (Å²) in [6.07, 6.45) is 0. The van der Waals surface area contributed by atoms with Crippen LogP contribution in [-0.2, 0) is 6.54 Å². The molecule has 0 fully saturated rings. The van der Waals surface area contributed by atoms with Gasteiger partial charge in [0.25, 0.3) is 0 Å². The van der Waals surface area contributed by atoms with Crippen molar-refractivity contribution >= 4 is 11.7 Å². The highest BCUT2D eigenvalue weighted by Crippen LogP contribution is 2.28. The molecule has 0 saturated heterocycles. The summed E-state index contributed by atoms with van der Waals surface area (Å²) in [5.41, 5.74) is 0.948. The smallest absolute Gasteiger partial charge is 0.319 e. The third-order valence-electron chi connectivity index (χ3n) is 3.50. The van der Waals surface area contributed by atoms with E-state index in [4.69, 9.17) is 4.74 Å². The van der Waals surface area contributed by atoms with Gasteiger partial charge in [-0.05, 0) is 30.3 Å². The summed E-state index contributed by atoms with van der Waals surface area (Å²) < 4.78 is 19.4. The number of rotatable bonds is 5. The number of benzene rings is 3. The molecule has 0 radical (unpaired) electrons. The van der Waals surface area contributed by atoms with E-state index in [1.807, 2.05) is 36.4 Å². The van der Waals surface area contributed by atoms with Crippen LogP contribution in [0.1, 0.15) is 5.56 Å². The molecule has 4 nitrogen and oxygen atoms in total. The third kappa shape index (κ3) is 4.57. The second kappa shape index (κ2) is 7.97. The fraction of sp³-hybridized carbons (Fsp3) is 0.0500. The van der Waals surface area contributed by atoms with E-state index in [1.54, 1.807) is 36.4 Å². The van der Waals surface area contributed by atoms with Gasteiger partial charge in [-0.1, -0.05) is 48.5 Å². The van der Waals surface area contributed by atoms with Crippen LogP contribution in [-0.4, -0.2) is 6.03 Å². The monoisotopic (exact) mass is 336 g/mol. The number of nitrogens with one attached hydrogen (secondary N) is 2. The molecular formula is C20H17FN2O2. The van der Waals surface area contributed by atoms with Crippen LogP contribution in [0.2, 0.25) is 0 Å². The zero-order chi connectivity index (χ0) is 17.5. The second-order valence-electron chi connectivity index (χ2n) is 5.31. The van der Waals surface area contributed by atoms with Crippen LogP contribution in [0.15, 0.2) is 78.9 Å². The van der Waals surface area contributed by atoms with Crippen LogP contribution in [0.3, 0.4) is 0 Å². The van der Waals surface area contributed by atoms with Crippen LogP contribution in [0, 0.1) is 5.82 Å². The molecule has 0 atom stereocenters. The number of para-hydroxylation sites is 3. The molecule has 0 bridgehead atoms. The molecule has 2 amide bonds. The normalized spacial score (nSPS) is 10.1. The molecule has 0 saturated carbocycles. The Kier molecular flexibility index (Phi) is 5.26. The first-order valence-corrected chi connectivity index (χ1v) is 7.82. The van der Waals surface area contributed by atoms with Crippen LogP contribution in [0.25, 0.3) is 0 Å². The van der Waals surface area contributed by atoms with E-state index in [0.29, 0.717) is 22.7 Å². The molecule has 0 unspecified atom stereocenters. The Labute approximate surface area is 145 Å². The summed E-state index contributed by atoms with van der Waals surface area (Å²) in [6.45, 7) is 0.0974. The number of amides is 2. The number of hydrogen-bond acceptors (Lipinski definition) is 2. The fourth-order valence-electron chi connectivity index (χ4n) is 2.26. The maximum Gasteiger partial charge on any atom is 0.319 e. The van der Waals surface area contributed by atoms with Crippen LogP contribution >= 0.6 is 0 Å². The van der Waals surface area contributed by atoms with Crippen molar-refractivity contribution in [3.05, 3.63) is 90.2 Å². The van der Waals surface area contributed by atoms with E-state index in [2.05, 4.69) is 10.6 Å². The first-order valence-electron chi connectivity index (χ1n) is 7.82. The molecule has 3 aromatic carbocycles. The van der Waals surface area contributed by atoms with Gasteiger partial charge in [-0.2, -0.15) is 0 Å². The molecule has 0 aliphatic rings. The van der Waals surface area contributed by atoms with Crippen molar-refractivity contribution in [3.8, 4) is 11.5 Å².